The fraction of sp³-hybridized carbons (Fsp3) is 0.218. The fourth-order valence-corrected chi connectivity index (χ4v) is 10.2. The molecule has 2 heterocycles. The molecule has 0 saturated heterocycles. The summed E-state index contributed by atoms with van der Waals surface area (Å²) < 4.78 is 24.8. The molecule has 0 bridgehead atoms. The molecule has 12 heteroatoms. The van der Waals surface area contributed by atoms with Crippen LogP contribution in [0.4, 0.5) is 22.7 Å². The molecular formula is C55H59BN4O4S3. The Morgan fingerprint density at radius 1 is 0.597 bits per heavy atom. The summed E-state index contributed by atoms with van der Waals surface area (Å²) in [5.41, 5.74) is 13.0. The molecule has 344 valence electrons. The average Bonchev–Trinajstić information content (AvgIpc) is 3.31. The van der Waals surface area contributed by atoms with Crippen molar-refractivity contribution in [1.29, 1.82) is 0 Å². The third kappa shape index (κ3) is 12.4. The molecule has 0 radical (unpaired) electrons. The van der Waals surface area contributed by atoms with Gasteiger partial charge in [0.1, 0.15) is 0 Å². The summed E-state index contributed by atoms with van der Waals surface area (Å²) in [6, 6.07) is 52.5. The van der Waals surface area contributed by atoms with Gasteiger partial charge >= 0.3 is 7.12 Å². The van der Waals surface area contributed by atoms with Gasteiger partial charge in [0, 0.05) is 25.5 Å². The Hall–Kier alpha value is -5.76. The number of hydrogen-bond donors (Lipinski definition) is 5. The van der Waals surface area contributed by atoms with Gasteiger partial charge in [-0.05, 0) is 119 Å². The number of hydrogen-bond acceptors (Lipinski definition) is 9. The molecule has 1 unspecified atom stereocenters. The van der Waals surface area contributed by atoms with Crippen LogP contribution in [0.25, 0.3) is 0 Å². The van der Waals surface area contributed by atoms with Crippen LogP contribution < -0.4 is 20.9 Å². The van der Waals surface area contributed by atoms with Gasteiger partial charge in [-0.25, -0.2) is 0 Å². The minimum Gasteiger partial charge on any atom is -0.423 e. The molecule has 8 nitrogen and oxygen atoms in total. The first-order chi connectivity index (χ1) is 31.7. The average molecular weight is 947 g/mol. The van der Waals surface area contributed by atoms with Crippen molar-refractivity contribution in [2.75, 3.05) is 10.6 Å². The Labute approximate surface area is 406 Å². The van der Waals surface area contributed by atoms with Crippen LogP contribution in [0.1, 0.15) is 94.7 Å². The lowest BCUT2D eigenvalue weighted by Crippen LogP contribution is -2.29. The fourth-order valence-electron chi connectivity index (χ4n) is 7.37. The second kappa shape index (κ2) is 20.6. The van der Waals surface area contributed by atoms with E-state index in [-0.39, 0.29) is 15.7 Å². The first-order valence-corrected chi connectivity index (χ1v) is 25.4. The van der Waals surface area contributed by atoms with Gasteiger partial charge in [0.25, 0.3) is 10.0 Å². The predicted octanol–water partition coefficient (Wildman–Crippen LogP) is 12.9. The topological polar surface area (TPSA) is 123 Å². The first-order valence-electron chi connectivity index (χ1n) is 22.3. The zero-order chi connectivity index (χ0) is 48.1. The lowest BCUT2D eigenvalue weighted by Gasteiger charge is -2.23. The summed E-state index contributed by atoms with van der Waals surface area (Å²) in [7, 11) is -5.06. The van der Waals surface area contributed by atoms with Gasteiger partial charge in [0.15, 0.2) is 0 Å². The minimum absolute atomic E-state index is 0.110. The van der Waals surface area contributed by atoms with Crippen molar-refractivity contribution in [1.82, 2.24) is 4.83 Å². The Bertz CT molecular complexity index is 2980. The number of hydrazone groups is 1. The molecule has 0 spiro atoms. The number of aryl methyl sites for hydroxylation is 1. The van der Waals surface area contributed by atoms with Crippen molar-refractivity contribution in [2.24, 2.45) is 5.10 Å². The molecule has 5 N–H and O–H groups in total. The molecule has 0 fully saturated rings. The molecule has 67 heavy (non-hydrogen) atoms. The second-order valence-corrected chi connectivity index (χ2v) is 22.7. The van der Waals surface area contributed by atoms with Crippen molar-refractivity contribution in [2.45, 2.75) is 104 Å². The highest BCUT2D eigenvalue weighted by atomic mass is 32.2. The molecule has 7 aromatic carbocycles. The van der Waals surface area contributed by atoms with Crippen molar-refractivity contribution in [3.63, 3.8) is 0 Å². The van der Waals surface area contributed by atoms with E-state index < -0.39 is 17.1 Å². The third-order valence-corrected chi connectivity index (χ3v) is 15.2. The van der Waals surface area contributed by atoms with Crippen LogP contribution in [-0.4, -0.2) is 31.3 Å². The predicted molar refractivity (Wildman–Crippen MR) is 282 cm³/mol. The molecule has 2 aliphatic heterocycles. The van der Waals surface area contributed by atoms with Crippen LogP contribution in [0, 0.1) is 6.92 Å². The van der Waals surface area contributed by atoms with E-state index >= 15 is 0 Å². The first kappa shape index (κ1) is 49.2. The number of rotatable bonds is 7. The highest BCUT2D eigenvalue weighted by Gasteiger charge is 2.21. The summed E-state index contributed by atoms with van der Waals surface area (Å²) in [5.74, 6) is 0.373. The molecule has 9 rings (SSSR count). The van der Waals surface area contributed by atoms with E-state index in [1.54, 1.807) is 55.1 Å². The highest BCUT2D eigenvalue weighted by Crippen LogP contribution is 2.46. The molecule has 2 aliphatic rings. The number of fused-ring (bicyclic) bond motifs is 4. The van der Waals surface area contributed by atoms with Crippen molar-refractivity contribution >= 4 is 74.6 Å². The van der Waals surface area contributed by atoms with Gasteiger partial charge in [0.2, 0.25) is 0 Å². The van der Waals surface area contributed by atoms with Crippen molar-refractivity contribution < 1.29 is 18.5 Å². The molecule has 0 aromatic heterocycles. The lowest BCUT2D eigenvalue weighted by atomic mass is 9.78. The lowest BCUT2D eigenvalue weighted by molar-refractivity contribution is 0.425. The van der Waals surface area contributed by atoms with E-state index in [9.17, 15) is 8.42 Å². The SMILES string of the molecule is C/C(=N\NS(=O)(=O)c1ccc(C)cc1)c1ccc2c(c1)Nc1ccccc1S2.CC(C)(C)c1ccc(B(O)O)cc1.CC(c1ccc(C(C)(C)C)cc1)c1ccc2c(c1)Nc1ccccc1S2. The quantitative estimate of drug-likeness (QED) is 0.0608. The van der Waals surface area contributed by atoms with Crippen LogP contribution in [0.3, 0.4) is 0 Å². The molecule has 0 saturated carbocycles. The third-order valence-electron chi connectivity index (χ3n) is 11.7. The number of nitrogens with one attached hydrogen (secondary N) is 3. The Morgan fingerprint density at radius 3 is 1.58 bits per heavy atom. The van der Waals surface area contributed by atoms with Crippen molar-refractivity contribution in [3.8, 4) is 0 Å². The summed E-state index contributed by atoms with van der Waals surface area (Å²) in [6.45, 7) is 19.1. The van der Waals surface area contributed by atoms with E-state index in [0.29, 0.717) is 17.1 Å². The maximum absolute atomic E-state index is 12.4. The van der Waals surface area contributed by atoms with Crippen LogP contribution in [0.15, 0.2) is 187 Å². The molecular weight excluding hydrogens is 888 g/mol. The van der Waals surface area contributed by atoms with Gasteiger partial charge in [-0.2, -0.15) is 18.4 Å². The monoisotopic (exact) mass is 946 g/mol. The highest BCUT2D eigenvalue weighted by molar-refractivity contribution is 8.00. The summed E-state index contributed by atoms with van der Waals surface area (Å²) >= 11 is 3.55. The second-order valence-electron chi connectivity index (χ2n) is 18.9. The van der Waals surface area contributed by atoms with Gasteiger partial charge < -0.3 is 20.7 Å². The van der Waals surface area contributed by atoms with E-state index in [1.165, 1.54) is 48.3 Å². The minimum atomic E-state index is -3.69. The molecule has 1 atom stereocenters. The van der Waals surface area contributed by atoms with E-state index in [4.69, 9.17) is 10.0 Å². The number of para-hydroxylation sites is 2. The van der Waals surface area contributed by atoms with Gasteiger partial charge in [-0.1, -0.05) is 175 Å². The van der Waals surface area contributed by atoms with Crippen LogP contribution in [0.5, 0.6) is 0 Å². The molecule has 0 aliphatic carbocycles. The van der Waals surface area contributed by atoms with E-state index in [2.05, 4.69) is 142 Å². The maximum atomic E-state index is 12.4. The van der Waals surface area contributed by atoms with Crippen LogP contribution in [0.2, 0.25) is 0 Å². The van der Waals surface area contributed by atoms with Gasteiger partial charge in [-0.15, -0.1) is 0 Å². The van der Waals surface area contributed by atoms with Gasteiger partial charge in [-0.3, -0.25) is 0 Å². The smallest absolute Gasteiger partial charge is 0.423 e. The van der Waals surface area contributed by atoms with E-state index in [0.717, 1.165) is 27.4 Å². The summed E-state index contributed by atoms with van der Waals surface area (Å²) in [6.07, 6.45) is 0. The summed E-state index contributed by atoms with van der Waals surface area (Å²) in [5, 5.41) is 28.9. The maximum Gasteiger partial charge on any atom is 0.488 e. The summed E-state index contributed by atoms with van der Waals surface area (Å²) in [4.78, 5) is 7.40. The number of sulfonamides is 1. The normalized spacial score (nSPS) is 13.3. The molecule has 0 amide bonds. The Balaban J connectivity index is 0.000000159. The van der Waals surface area contributed by atoms with Crippen LogP contribution >= 0.6 is 23.5 Å². The number of nitrogens with zero attached hydrogens (tertiary/aromatic N) is 1. The largest absolute Gasteiger partial charge is 0.488 e. The Morgan fingerprint density at radius 2 is 1.06 bits per heavy atom. The standard InChI is InChI=1S/C24H25NS.C21H19N3O2S2.C10H15BO2/c1-16(17-9-12-19(13-10-17)24(2,3)4)18-11-14-23-21(15-18)25-20-7-5-6-8-22(20)26-23;1-14-7-10-17(11-8-14)28(25,26)24-23-15(2)16-9-12-21-19(13-16)22-18-5-3-4-6-20(18)27-21;1-10(2,3)8-4-6-9(7-5-8)11(12)13/h5-16,25H,1-4H3;3-13,22,24H,1-2H3;4-7,12-13H,1-3H3/b;23-15+;. The van der Waals surface area contributed by atoms with Crippen molar-refractivity contribution in [3.05, 3.63) is 191 Å². The van der Waals surface area contributed by atoms with Gasteiger partial charge in [0.05, 0.1) is 33.4 Å². The number of anilines is 4. The molecule has 7 aromatic rings. The Kier molecular flexibility index (Phi) is 15.1. The van der Waals surface area contributed by atoms with Crippen LogP contribution in [-0.2, 0) is 20.9 Å². The van der Waals surface area contributed by atoms with E-state index in [1.807, 2.05) is 67.2 Å². The zero-order valence-corrected chi connectivity index (χ0v) is 42.0. The number of benzene rings is 7. The zero-order valence-electron chi connectivity index (χ0n) is 39.5.